The van der Waals surface area contributed by atoms with E-state index in [1.807, 2.05) is 0 Å². The minimum Gasteiger partial charge on any atom is -0.394 e. The van der Waals surface area contributed by atoms with Crippen molar-refractivity contribution in [2.24, 2.45) is 0 Å². The number of hydrogen-bond acceptors (Lipinski definition) is 4. The highest BCUT2D eigenvalue weighted by atomic mass is 16.3. The van der Waals surface area contributed by atoms with E-state index >= 15 is 0 Å². The molecule has 0 aliphatic rings. The van der Waals surface area contributed by atoms with Crippen LogP contribution in [-0.4, -0.2) is 43.0 Å². The van der Waals surface area contributed by atoms with Gasteiger partial charge in [-0.15, -0.1) is 5.73 Å². The second-order valence-corrected chi connectivity index (χ2v) is 5.12. The van der Waals surface area contributed by atoms with Gasteiger partial charge in [0.1, 0.15) is 0 Å². The number of hydrogen-bond donors (Lipinski definition) is 4. The molecular weight excluding hydrogens is 300 g/mol. The summed E-state index contributed by atoms with van der Waals surface area (Å²) >= 11 is 0. The lowest BCUT2D eigenvalue weighted by Gasteiger charge is -1.94. The molecule has 2 aromatic heterocycles. The van der Waals surface area contributed by atoms with Gasteiger partial charge in [-0.05, 0) is 26.0 Å². The first-order chi connectivity index (χ1) is 11.0. The molecule has 2 heterocycles. The van der Waals surface area contributed by atoms with E-state index in [9.17, 15) is 9.59 Å². The first-order valence-corrected chi connectivity index (χ1v) is 7.22. The fourth-order valence-electron chi connectivity index (χ4n) is 2.30. The zero-order valence-corrected chi connectivity index (χ0v) is 13.1. The summed E-state index contributed by atoms with van der Waals surface area (Å²) in [6.07, 6.45) is 3.01. The summed E-state index contributed by atoms with van der Waals surface area (Å²) in [5, 5.41) is 23.5. The smallest absolute Gasteiger partial charge is 0.274 e. The molecule has 8 heteroatoms. The van der Waals surface area contributed by atoms with Crippen LogP contribution < -0.4 is 11.1 Å². The van der Waals surface area contributed by atoms with Gasteiger partial charge < -0.3 is 10.2 Å². The summed E-state index contributed by atoms with van der Waals surface area (Å²) in [6, 6.07) is 0. The van der Waals surface area contributed by atoms with E-state index in [4.69, 9.17) is 10.2 Å². The summed E-state index contributed by atoms with van der Waals surface area (Å²) in [7, 11) is 0. The molecule has 0 atom stereocenters. The van der Waals surface area contributed by atoms with Gasteiger partial charge in [0.05, 0.1) is 37.4 Å². The summed E-state index contributed by atoms with van der Waals surface area (Å²) in [6.45, 7) is 3.62. The molecule has 23 heavy (non-hydrogen) atoms. The number of aliphatic hydroxyl groups is 2. The van der Waals surface area contributed by atoms with Gasteiger partial charge in [0.25, 0.3) is 11.1 Å². The van der Waals surface area contributed by atoms with Gasteiger partial charge in [-0.1, -0.05) is 0 Å². The number of aryl methyl sites for hydroxylation is 2. The van der Waals surface area contributed by atoms with E-state index < -0.39 is 0 Å². The fraction of sp³-hybridized carbons (Fsp3) is 0.400. The molecule has 0 saturated carbocycles. The number of rotatable bonds is 6. The predicted octanol–water partition coefficient (Wildman–Crippen LogP) is -0.407. The van der Waals surface area contributed by atoms with E-state index in [1.165, 1.54) is 21.5 Å². The Balaban J connectivity index is 2.36. The third-order valence-corrected chi connectivity index (χ3v) is 3.47. The molecule has 0 aromatic carbocycles. The van der Waals surface area contributed by atoms with Gasteiger partial charge in [0.15, 0.2) is 0 Å². The molecule has 4 N–H and O–H groups in total. The van der Waals surface area contributed by atoms with E-state index in [0.717, 1.165) is 0 Å². The molecule has 8 nitrogen and oxygen atoms in total. The van der Waals surface area contributed by atoms with Crippen molar-refractivity contribution in [3.8, 4) is 0 Å². The van der Waals surface area contributed by atoms with Gasteiger partial charge in [-0.25, -0.2) is 0 Å². The SMILES string of the molecule is Cc1[nH]n(CCO)c(=O)c1C=C=Cc1c(C)[nH]n(CCO)c1=O. The summed E-state index contributed by atoms with van der Waals surface area (Å²) in [5.41, 5.74) is 4.53. The lowest BCUT2D eigenvalue weighted by molar-refractivity contribution is 0.267. The molecule has 0 fully saturated rings. The molecule has 0 saturated heterocycles. The number of aromatic amines is 2. The minimum absolute atomic E-state index is 0.133. The highest BCUT2D eigenvalue weighted by Crippen LogP contribution is 2.04. The molecule has 124 valence electrons. The van der Waals surface area contributed by atoms with Crippen LogP contribution in [0.15, 0.2) is 15.3 Å². The largest absolute Gasteiger partial charge is 0.394 e. The van der Waals surface area contributed by atoms with E-state index in [-0.39, 0.29) is 37.4 Å². The number of nitrogens with one attached hydrogen (secondary N) is 2. The maximum atomic E-state index is 12.1. The van der Waals surface area contributed by atoms with Crippen molar-refractivity contribution in [3.63, 3.8) is 0 Å². The van der Waals surface area contributed by atoms with E-state index in [0.29, 0.717) is 22.5 Å². The van der Waals surface area contributed by atoms with Crippen molar-refractivity contribution in [1.29, 1.82) is 0 Å². The Labute approximate surface area is 132 Å². The zero-order valence-electron chi connectivity index (χ0n) is 13.1. The maximum Gasteiger partial charge on any atom is 0.274 e. The van der Waals surface area contributed by atoms with E-state index in [2.05, 4.69) is 15.9 Å². The van der Waals surface area contributed by atoms with Crippen LogP contribution in [-0.2, 0) is 13.1 Å². The third kappa shape index (κ3) is 3.45. The Kier molecular flexibility index (Phi) is 5.23. The van der Waals surface area contributed by atoms with Gasteiger partial charge in [-0.3, -0.25) is 29.2 Å². The normalized spacial score (nSPS) is 10.6. The molecular formula is C15H20N4O4. The van der Waals surface area contributed by atoms with Crippen molar-refractivity contribution in [3.05, 3.63) is 49.0 Å². The summed E-state index contributed by atoms with van der Waals surface area (Å²) in [5.74, 6) is 0. The number of aliphatic hydroxyl groups excluding tert-OH is 2. The van der Waals surface area contributed by atoms with E-state index in [1.54, 1.807) is 13.8 Å². The highest BCUT2D eigenvalue weighted by molar-refractivity contribution is 5.58. The second kappa shape index (κ2) is 7.15. The third-order valence-electron chi connectivity index (χ3n) is 3.47. The standard InChI is InChI=1S/C15H20N4O4/c1-10-12(14(22)18(16-10)6-8-20)4-3-5-13-11(2)17-19(7-9-21)15(13)23/h4-5,16-17,20-21H,6-9H2,1-2H3. The lowest BCUT2D eigenvalue weighted by Crippen LogP contribution is -2.19. The van der Waals surface area contributed by atoms with Crippen LogP contribution in [0.3, 0.4) is 0 Å². The monoisotopic (exact) mass is 320 g/mol. The summed E-state index contributed by atoms with van der Waals surface area (Å²) in [4.78, 5) is 24.2. The molecule has 2 rings (SSSR count). The van der Waals surface area contributed by atoms with Crippen molar-refractivity contribution >= 4 is 12.2 Å². The van der Waals surface area contributed by atoms with Crippen LogP contribution in [0.5, 0.6) is 0 Å². The summed E-state index contributed by atoms with van der Waals surface area (Å²) < 4.78 is 2.64. The Morgan fingerprint density at radius 1 is 0.913 bits per heavy atom. The molecule has 0 unspecified atom stereocenters. The fourth-order valence-corrected chi connectivity index (χ4v) is 2.30. The van der Waals surface area contributed by atoms with Crippen LogP contribution in [0.1, 0.15) is 22.5 Å². The van der Waals surface area contributed by atoms with Crippen LogP contribution in [0.4, 0.5) is 0 Å². The van der Waals surface area contributed by atoms with Gasteiger partial charge in [-0.2, -0.15) is 0 Å². The molecule has 2 aromatic rings. The maximum absolute atomic E-state index is 12.1. The molecule has 0 aliphatic carbocycles. The Bertz CT molecular complexity index is 791. The molecule has 0 aliphatic heterocycles. The zero-order chi connectivity index (χ0) is 17.0. The molecule has 0 bridgehead atoms. The number of nitrogens with zero attached hydrogens (tertiary/aromatic N) is 2. The Hall–Kier alpha value is -2.54. The average Bonchev–Trinajstić information content (AvgIpc) is 2.92. The first kappa shape index (κ1) is 16.8. The Morgan fingerprint density at radius 3 is 1.65 bits per heavy atom. The average molecular weight is 320 g/mol. The van der Waals surface area contributed by atoms with Gasteiger partial charge >= 0.3 is 0 Å². The van der Waals surface area contributed by atoms with Gasteiger partial charge in [0, 0.05) is 11.4 Å². The number of H-pyrrole nitrogens is 2. The van der Waals surface area contributed by atoms with Crippen molar-refractivity contribution in [2.75, 3.05) is 13.2 Å². The van der Waals surface area contributed by atoms with Crippen LogP contribution >= 0.6 is 0 Å². The van der Waals surface area contributed by atoms with Crippen molar-refractivity contribution < 1.29 is 10.2 Å². The second-order valence-electron chi connectivity index (χ2n) is 5.12. The van der Waals surface area contributed by atoms with Crippen LogP contribution in [0.25, 0.3) is 12.2 Å². The molecule has 0 spiro atoms. The molecule has 0 radical (unpaired) electrons. The van der Waals surface area contributed by atoms with Crippen molar-refractivity contribution in [2.45, 2.75) is 26.9 Å². The Morgan fingerprint density at radius 2 is 1.30 bits per heavy atom. The van der Waals surface area contributed by atoms with Crippen LogP contribution in [0.2, 0.25) is 0 Å². The van der Waals surface area contributed by atoms with Gasteiger partial charge in [0.2, 0.25) is 0 Å². The predicted molar refractivity (Wildman–Crippen MR) is 86.2 cm³/mol. The van der Waals surface area contributed by atoms with Crippen LogP contribution in [0, 0.1) is 13.8 Å². The van der Waals surface area contributed by atoms with Crippen molar-refractivity contribution in [1.82, 2.24) is 19.6 Å². The first-order valence-electron chi connectivity index (χ1n) is 7.22. The topological polar surface area (TPSA) is 116 Å². The quantitative estimate of drug-likeness (QED) is 0.542. The highest BCUT2D eigenvalue weighted by Gasteiger charge is 2.09. The minimum atomic E-state index is -0.249. The molecule has 0 amide bonds. The lowest BCUT2D eigenvalue weighted by atomic mass is 10.2. The number of aromatic nitrogens is 4.